The summed E-state index contributed by atoms with van der Waals surface area (Å²) in [5.41, 5.74) is 6.78. The molecule has 1 aliphatic heterocycles. The Kier molecular flexibility index (Phi) is 4.48. The molecule has 2 rings (SSSR count). The lowest BCUT2D eigenvalue weighted by atomic mass is 10.1. The van der Waals surface area contributed by atoms with Crippen molar-refractivity contribution in [3.05, 3.63) is 29.3 Å². The van der Waals surface area contributed by atoms with Crippen LogP contribution in [0.25, 0.3) is 0 Å². The Labute approximate surface area is 121 Å². The lowest BCUT2D eigenvalue weighted by molar-refractivity contribution is 0.464. The van der Waals surface area contributed by atoms with Crippen LogP contribution in [-0.2, 0) is 10.0 Å². The van der Waals surface area contributed by atoms with Gasteiger partial charge in [0.2, 0.25) is 10.0 Å². The first-order valence-electron chi connectivity index (χ1n) is 6.75. The monoisotopic (exact) mass is 292 g/mol. The van der Waals surface area contributed by atoms with Crippen LogP contribution >= 0.6 is 0 Å². The number of sulfonamides is 1. The van der Waals surface area contributed by atoms with E-state index in [1.165, 1.54) is 0 Å². The molecule has 1 aliphatic rings. The van der Waals surface area contributed by atoms with E-state index >= 15 is 0 Å². The predicted molar refractivity (Wildman–Crippen MR) is 79.7 cm³/mol. The van der Waals surface area contributed by atoms with Crippen molar-refractivity contribution in [1.82, 2.24) is 4.31 Å². The average molecular weight is 292 g/mol. The van der Waals surface area contributed by atoms with Gasteiger partial charge in [-0.25, -0.2) is 8.42 Å². The largest absolute Gasteiger partial charge is 0.320 e. The smallest absolute Gasteiger partial charge is 0.243 e. The van der Waals surface area contributed by atoms with E-state index in [2.05, 4.69) is 18.8 Å². The summed E-state index contributed by atoms with van der Waals surface area (Å²) in [7, 11) is -3.42. The molecule has 1 atom stereocenters. The summed E-state index contributed by atoms with van der Waals surface area (Å²) in [5.74, 6) is 6.06. The second-order valence-corrected chi connectivity index (χ2v) is 7.15. The van der Waals surface area contributed by atoms with E-state index in [1.54, 1.807) is 16.4 Å². The molecule has 1 heterocycles. The Balaban J connectivity index is 2.40. The van der Waals surface area contributed by atoms with Crippen molar-refractivity contribution in [1.29, 1.82) is 0 Å². The second kappa shape index (κ2) is 5.96. The van der Waals surface area contributed by atoms with Gasteiger partial charge < -0.3 is 5.73 Å². The molecule has 0 radical (unpaired) electrons. The molecule has 20 heavy (non-hydrogen) atoms. The molecule has 0 aliphatic carbocycles. The fraction of sp³-hybridized carbons (Fsp3) is 0.467. The van der Waals surface area contributed by atoms with E-state index in [9.17, 15) is 8.42 Å². The molecule has 1 aromatic rings. The Morgan fingerprint density at radius 1 is 1.45 bits per heavy atom. The first-order chi connectivity index (χ1) is 9.45. The van der Waals surface area contributed by atoms with E-state index in [0.29, 0.717) is 29.5 Å². The highest BCUT2D eigenvalue weighted by atomic mass is 32.2. The van der Waals surface area contributed by atoms with Crippen LogP contribution in [-0.4, -0.2) is 32.4 Å². The molecule has 0 saturated carbocycles. The van der Waals surface area contributed by atoms with Crippen LogP contribution in [0.3, 0.4) is 0 Å². The summed E-state index contributed by atoms with van der Waals surface area (Å²) >= 11 is 0. The number of nitrogens with two attached hydrogens (primary N) is 1. The molecule has 0 bridgehead atoms. The zero-order chi connectivity index (χ0) is 14.8. The van der Waals surface area contributed by atoms with Crippen LogP contribution < -0.4 is 5.73 Å². The molecule has 2 N–H and O–H groups in total. The fourth-order valence-electron chi connectivity index (χ4n) is 2.36. The molecule has 5 heteroatoms. The summed E-state index contributed by atoms with van der Waals surface area (Å²) in [6.45, 7) is 5.35. The van der Waals surface area contributed by atoms with Crippen molar-refractivity contribution in [3.63, 3.8) is 0 Å². The minimum absolute atomic E-state index is 0.263. The fourth-order valence-corrected chi connectivity index (χ4v) is 4.19. The Bertz CT molecular complexity index is 656. The summed E-state index contributed by atoms with van der Waals surface area (Å²) in [6.07, 6.45) is 0.922. The highest BCUT2D eigenvalue weighted by molar-refractivity contribution is 7.89. The third kappa shape index (κ3) is 3.04. The minimum atomic E-state index is -3.42. The number of rotatable bonds is 2. The van der Waals surface area contributed by atoms with Crippen molar-refractivity contribution in [3.8, 4) is 11.8 Å². The molecule has 1 unspecified atom stereocenters. The molecule has 0 amide bonds. The van der Waals surface area contributed by atoms with Gasteiger partial charge in [-0.1, -0.05) is 24.8 Å². The van der Waals surface area contributed by atoms with Gasteiger partial charge in [-0.2, -0.15) is 4.31 Å². The summed E-state index contributed by atoms with van der Waals surface area (Å²) in [5, 5.41) is 0. The van der Waals surface area contributed by atoms with Crippen molar-refractivity contribution in [2.24, 2.45) is 11.7 Å². The lowest BCUT2D eigenvalue weighted by Crippen LogP contribution is -2.29. The number of hydrogen-bond acceptors (Lipinski definition) is 3. The van der Waals surface area contributed by atoms with Crippen LogP contribution in [0.1, 0.15) is 24.5 Å². The van der Waals surface area contributed by atoms with E-state index in [-0.39, 0.29) is 6.54 Å². The van der Waals surface area contributed by atoms with Gasteiger partial charge in [0, 0.05) is 18.7 Å². The maximum Gasteiger partial charge on any atom is 0.243 e. The molecule has 1 aromatic carbocycles. The van der Waals surface area contributed by atoms with Crippen molar-refractivity contribution in [2.45, 2.75) is 25.2 Å². The highest BCUT2D eigenvalue weighted by Gasteiger charge is 2.31. The molecule has 1 saturated heterocycles. The van der Waals surface area contributed by atoms with E-state index in [1.807, 2.05) is 13.0 Å². The Hall–Kier alpha value is -1.35. The van der Waals surface area contributed by atoms with E-state index in [4.69, 9.17) is 5.73 Å². The third-order valence-electron chi connectivity index (χ3n) is 3.53. The van der Waals surface area contributed by atoms with Crippen LogP contribution in [0.5, 0.6) is 0 Å². The van der Waals surface area contributed by atoms with Crippen LogP contribution in [0.2, 0.25) is 0 Å². The van der Waals surface area contributed by atoms with Crippen molar-refractivity contribution < 1.29 is 8.42 Å². The molecule has 0 aromatic heterocycles. The van der Waals surface area contributed by atoms with Gasteiger partial charge in [0.05, 0.1) is 11.4 Å². The average Bonchev–Trinajstić information content (AvgIpc) is 2.85. The zero-order valence-corrected chi connectivity index (χ0v) is 12.7. The summed E-state index contributed by atoms with van der Waals surface area (Å²) in [6, 6.07) is 5.27. The normalized spacial score (nSPS) is 19.6. The second-order valence-electron chi connectivity index (χ2n) is 5.24. The topological polar surface area (TPSA) is 63.4 Å². The molecule has 0 spiro atoms. The van der Waals surface area contributed by atoms with Gasteiger partial charge in [0.15, 0.2) is 0 Å². The third-order valence-corrected chi connectivity index (χ3v) is 5.53. The quantitative estimate of drug-likeness (QED) is 0.837. The first-order valence-corrected chi connectivity index (χ1v) is 8.19. The minimum Gasteiger partial charge on any atom is -0.320 e. The SMILES string of the molecule is Cc1ccc(C#CCN)cc1S(=O)(=O)N1CCC(C)C1. The van der Waals surface area contributed by atoms with Gasteiger partial charge in [0.1, 0.15) is 0 Å². The number of aryl methyl sites for hydroxylation is 1. The van der Waals surface area contributed by atoms with Crippen molar-refractivity contribution in [2.75, 3.05) is 19.6 Å². The van der Waals surface area contributed by atoms with E-state index in [0.717, 1.165) is 12.0 Å². The summed E-state index contributed by atoms with van der Waals surface area (Å²) < 4.78 is 26.9. The van der Waals surface area contributed by atoms with Crippen LogP contribution in [0.4, 0.5) is 0 Å². The maximum atomic E-state index is 12.7. The van der Waals surface area contributed by atoms with Crippen LogP contribution in [0, 0.1) is 24.7 Å². The van der Waals surface area contributed by atoms with Gasteiger partial charge >= 0.3 is 0 Å². The molecule has 1 fully saturated rings. The van der Waals surface area contributed by atoms with Gasteiger partial charge in [-0.15, -0.1) is 0 Å². The van der Waals surface area contributed by atoms with Gasteiger partial charge in [-0.05, 0) is 37.0 Å². The molecular formula is C15H20N2O2S. The van der Waals surface area contributed by atoms with Gasteiger partial charge in [-0.3, -0.25) is 0 Å². The molecule has 108 valence electrons. The number of hydrogen-bond donors (Lipinski definition) is 1. The zero-order valence-electron chi connectivity index (χ0n) is 11.9. The van der Waals surface area contributed by atoms with E-state index < -0.39 is 10.0 Å². The maximum absolute atomic E-state index is 12.7. The standard InChI is InChI=1S/C15H20N2O2S/c1-12-7-9-17(11-12)20(18,19)15-10-14(4-3-8-16)6-5-13(15)2/h5-6,10,12H,7-9,11,16H2,1-2H3. The summed E-state index contributed by atoms with van der Waals surface area (Å²) in [4.78, 5) is 0.357. The van der Waals surface area contributed by atoms with Crippen LogP contribution in [0.15, 0.2) is 23.1 Å². The van der Waals surface area contributed by atoms with Crippen molar-refractivity contribution >= 4 is 10.0 Å². The first kappa shape index (κ1) is 15.0. The molecular weight excluding hydrogens is 272 g/mol. The highest BCUT2D eigenvalue weighted by Crippen LogP contribution is 2.26. The lowest BCUT2D eigenvalue weighted by Gasteiger charge is -2.17. The Morgan fingerprint density at radius 3 is 2.80 bits per heavy atom. The van der Waals surface area contributed by atoms with Gasteiger partial charge in [0.25, 0.3) is 0 Å². The predicted octanol–water partition coefficient (Wildman–Crippen LogP) is 1.34. The number of benzene rings is 1. The Morgan fingerprint density at radius 2 is 2.20 bits per heavy atom. The number of nitrogens with zero attached hydrogens (tertiary/aromatic N) is 1. The molecule has 4 nitrogen and oxygen atoms in total.